The Bertz CT molecular complexity index is 696. The first-order valence-corrected chi connectivity index (χ1v) is 9.94. The highest BCUT2D eigenvalue weighted by Gasteiger charge is 2.32. The van der Waals surface area contributed by atoms with Gasteiger partial charge in [0.05, 0.1) is 19.0 Å². The largest absolute Gasteiger partial charge is 0.374 e. The van der Waals surface area contributed by atoms with Gasteiger partial charge in [-0.3, -0.25) is 4.18 Å². The first-order valence-electron chi connectivity index (χ1n) is 8.13. The van der Waals surface area contributed by atoms with Gasteiger partial charge in [-0.2, -0.15) is 8.42 Å². The minimum absolute atomic E-state index is 0.00853. The summed E-state index contributed by atoms with van der Waals surface area (Å²) in [6, 6.07) is 20.6. The van der Waals surface area contributed by atoms with Crippen LogP contribution in [0.5, 0.6) is 0 Å². The van der Waals surface area contributed by atoms with Crippen molar-refractivity contribution in [1.82, 2.24) is 0 Å². The lowest BCUT2D eigenvalue weighted by molar-refractivity contribution is -0.0499. The Morgan fingerprint density at radius 2 is 1.50 bits per heavy atom. The second-order valence-electron chi connectivity index (χ2n) is 6.17. The van der Waals surface area contributed by atoms with Crippen molar-refractivity contribution in [3.05, 3.63) is 71.8 Å². The Morgan fingerprint density at radius 1 is 0.958 bits per heavy atom. The molecule has 1 aliphatic heterocycles. The fourth-order valence-corrected chi connectivity index (χ4v) is 3.92. The van der Waals surface area contributed by atoms with Crippen molar-refractivity contribution in [2.75, 3.05) is 12.9 Å². The van der Waals surface area contributed by atoms with E-state index in [9.17, 15) is 8.42 Å². The number of benzene rings is 2. The molecular formula is C19H22O4S. The van der Waals surface area contributed by atoms with E-state index < -0.39 is 10.1 Å². The van der Waals surface area contributed by atoms with Crippen molar-refractivity contribution in [3.8, 4) is 0 Å². The molecule has 0 unspecified atom stereocenters. The second-order valence-corrected chi connectivity index (χ2v) is 7.77. The van der Waals surface area contributed by atoms with Crippen molar-refractivity contribution < 1.29 is 17.3 Å². The smallest absolute Gasteiger partial charge is 0.264 e. The normalized spacial score (nSPS) is 21.8. The zero-order valence-corrected chi connectivity index (χ0v) is 14.5. The van der Waals surface area contributed by atoms with Gasteiger partial charge in [0.15, 0.2) is 0 Å². The van der Waals surface area contributed by atoms with Gasteiger partial charge in [0.2, 0.25) is 0 Å². The molecule has 2 aromatic carbocycles. The summed E-state index contributed by atoms with van der Waals surface area (Å²) < 4.78 is 33.6. The van der Waals surface area contributed by atoms with E-state index in [1.807, 2.05) is 36.4 Å². The molecular weight excluding hydrogens is 324 g/mol. The maximum atomic E-state index is 11.3. The lowest BCUT2D eigenvalue weighted by Gasteiger charge is -2.34. The van der Waals surface area contributed by atoms with E-state index in [4.69, 9.17) is 8.92 Å². The van der Waals surface area contributed by atoms with Gasteiger partial charge in [-0.25, -0.2) is 0 Å². The Labute approximate surface area is 143 Å². The molecule has 4 nitrogen and oxygen atoms in total. The lowest BCUT2D eigenvalue weighted by Crippen LogP contribution is -2.36. The highest BCUT2D eigenvalue weighted by Crippen LogP contribution is 2.34. The highest BCUT2D eigenvalue weighted by molar-refractivity contribution is 7.86. The van der Waals surface area contributed by atoms with Crippen LogP contribution in [0, 0.1) is 0 Å². The number of hydrogen-bond donors (Lipinski definition) is 0. The summed E-state index contributed by atoms with van der Waals surface area (Å²) >= 11 is 0. The van der Waals surface area contributed by atoms with Gasteiger partial charge >= 0.3 is 0 Å². The van der Waals surface area contributed by atoms with Crippen molar-refractivity contribution >= 4 is 10.1 Å². The van der Waals surface area contributed by atoms with Crippen LogP contribution in [-0.4, -0.2) is 33.5 Å². The zero-order valence-electron chi connectivity index (χ0n) is 13.7. The summed E-state index contributed by atoms with van der Waals surface area (Å²) in [5.41, 5.74) is 2.41. The van der Waals surface area contributed by atoms with E-state index in [0.29, 0.717) is 13.0 Å². The Hall–Kier alpha value is -1.69. The Balaban J connectivity index is 1.78. The SMILES string of the molecule is CS(=O)(=O)O[C@@H]1CC[C@H](C(c2ccccc2)c2ccccc2)OC1. The first kappa shape index (κ1) is 17.1. The Morgan fingerprint density at radius 3 is 1.92 bits per heavy atom. The van der Waals surface area contributed by atoms with Crippen LogP contribution < -0.4 is 0 Å². The molecule has 0 radical (unpaired) electrons. The molecule has 5 heteroatoms. The fraction of sp³-hybridized carbons (Fsp3) is 0.368. The van der Waals surface area contributed by atoms with E-state index in [0.717, 1.165) is 12.7 Å². The average Bonchev–Trinajstić information content (AvgIpc) is 2.57. The third-order valence-corrected chi connectivity index (χ3v) is 4.89. The third-order valence-electron chi connectivity index (χ3n) is 4.27. The molecule has 24 heavy (non-hydrogen) atoms. The molecule has 1 aliphatic rings. The molecule has 3 rings (SSSR count). The van der Waals surface area contributed by atoms with E-state index in [-0.39, 0.29) is 18.1 Å². The summed E-state index contributed by atoms with van der Waals surface area (Å²) in [4.78, 5) is 0. The molecule has 2 aromatic rings. The summed E-state index contributed by atoms with van der Waals surface area (Å²) in [5.74, 6) is 0.131. The van der Waals surface area contributed by atoms with Crippen molar-refractivity contribution in [3.63, 3.8) is 0 Å². The number of rotatable bonds is 5. The van der Waals surface area contributed by atoms with Crippen molar-refractivity contribution in [1.29, 1.82) is 0 Å². The minimum Gasteiger partial charge on any atom is -0.374 e. The highest BCUT2D eigenvalue weighted by atomic mass is 32.2. The van der Waals surface area contributed by atoms with Crippen LogP contribution in [0.1, 0.15) is 29.9 Å². The molecule has 1 heterocycles. The van der Waals surface area contributed by atoms with Gasteiger partial charge in [0.1, 0.15) is 6.10 Å². The minimum atomic E-state index is -3.45. The number of hydrogen-bond acceptors (Lipinski definition) is 4. The average molecular weight is 346 g/mol. The summed E-state index contributed by atoms with van der Waals surface area (Å²) in [6.45, 7) is 0.300. The molecule has 0 saturated carbocycles. The van der Waals surface area contributed by atoms with E-state index in [1.54, 1.807) is 0 Å². The lowest BCUT2D eigenvalue weighted by atomic mass is 9.83. The van der Waals surface area contributed by atoms with Crippen LogP contribution in [0.3, 0.4) is 0 Å². The molecule has 0 N–H and O–H groups in total. The maximum Gasteiger partial charge on any atom is 0.264 e. The third kappa shape index (κ3) is 4.44. The Kier molecular flexibility index (Phi) is 5.33. The van der Waals surface area contributed by atoms with Gasteiger partial charge in [-0.15, -0.1) is 0 Å². The molecule has 128 valence electrons. The van der Waals surface area contributed by atoms with Crippen molar-refractivity contribution in [2.24, 2.45) is 0 Å². The molecule has 0 spiro atoms. The molecule has 1 fully saturated rings. The van der Waals surface area contributed by atoms with Crippen molar-refractivity contribution in [2.45, 2.75) is 31.0 Å². The predicted molar refractivity (Wildman–Crippen MR) is 93.4 cm³/mol. The monoisotopic (exact) mass is 346 g/mol. The fourth-order valence-electron chi connectivity index (χ4n) is 3.28. The van der Waals surface area contributed by atoms with E-state index >= 15 is 0 Å². The molecule has 0 amide bonds. The summed E-state index contributed by atoms with van der Waals surface area (Å²) in [5, 5.41) is 0. The van der Waals surface area contributed by atoms with Crippen LogP contribution in [0.4, 0.5) is 0 Å². The van der Waals surface area contributed by atoms with Gasteiger partial charge in [0, 0.05) is 5.92 Å². The van der Waals surface area contributed by atoms with Crippen LogP contribution in [0.2, 0.25) is 0 Å². The maximum absolute atomic E-state index is 11.3. The molecule has 2 atom stereocenters. The molecule has 0 aliphatic carbocycles. The molecule has 1 saturated heterocycles. The van der Waals surface area contributed by atoms with Crippen LogP contribution in [0.15, 0.2) is 60.7 Å². The topological polar surface area (TPSA) is 52.6 Å². The van der Waals surface area contributed by atoms with Crippen LogP contribution in [-0.2, 0) is 19.0 Å². The first-order chi connectivity index (χ1) is 11.5. The van der Waals surface area contributed by atoms with E-state index in [2.05, 4.69) is 24.3 Å². The molecule has 0 bridgehead atoms. The quantitative estimate of drug-likeness (QED) is 0.779. The predicted octanol–water partition coefficient (Wildman–Crippen LogP) is 3.34. The van der Waals surface area contributed by atoms with Gasteiger partial charge in [-0.05, 0) is 24.0 Å². The van der Waals surface area contributed by atoms with Gasteiger partial charge in [0.25, 0.3) is 10.1 Å². The van der Waals surface area contributed by atoms with Crippen LogP contribution >= 0.6 is 0 Å². The summed E-state index contributed by atoms with van der Waals surface area (Å²) in [6.07, 6.45) is 2.14. The van der Waals surface area contributed by atoms with Crippen LogP contribution in [0.25, 0.3) is 0 Å². The molecule has 0 aromatic heterocycles. The second kappa shape index (κ2) is 7.47. The van der Waals surface area contributed by atoms with Gasteiger partial charge in [-0.1, -0.05) is 60.7 Å². The van der Waals surface area contributed by atoms with Gasteiger partial charge < -0.3 is 4.74 Å². The zero-order chi connectivity index (χ0) is 17.0. The van der Waals surface area contributed by atoms with E-state index in [1.165, 1.54) is 11.1 Å². The summed E-state index contributed by atoms with van der Waals surface area (Å²) in [7, 11) is -3.45. The standard InChI is InChI=1S/C19H22O4S/c1-24(20,21)23-17-12-13-18(22-14-17)19(15-8-4-2-5-9-15)16-10-6-3-7-11-16/h2-11,17-19H,12-14H2,1H3/t17-,18-/m1/s1. The number of ether oxygens (including phenoxy) is 1.